The van der Waals surface area contributed by atoms with Gasteiger partial charge in [0.05, 0.1) is 17.5 Å². The molecule has 5 heteroatoms. The van der Waals surface area contributed by atoms with Gasteiger partial charge in [-0.3, -0.25) is 0 Å². The molecule has 0 fully saturated rings. The highest BCUT2D eigenvalue weighted by Gasteiger charge is 2.18. The molecule has 0 aliphatic rings. The van der Waals surface area contributed by atoms with Crippen LogP contribution in [0.4, 0.5) is 13.2 Å². The molecule has 0 unspecified atom stereocenters. The van der Waals surface area contributed by atoms with E-state index in [4.69, 9.17) is 16.7 Å². The Labute approximate surface area is 77.8 Å². The van der Waals surface area contributed by atoms with Gasteiger partial charge in [0, 0.05) is 12.1 Å². The number of halogens is 4. The Morgan fingerprint density at radius 1 is 1.23 bits per heavy atom. The summed E-state index contributed by atoms with van der Waals surface area (Å²) < 4.78 is 38.1. The van der Waals surface area contributed by atoms with Crippen LogP contribution in [0, 0.1) is 17.5 Å². The van der Waals surface area contributed by atoms with Crippen molar-refractivity contribution >= 4 is 11.6 Å². The molecule has 0 amide bonds. The number of benzene rings is 1. The van der Waals surface area contributed by atoms with Crippen molar-refractivity contribution in [3.8, 4) is 0 Å². The molecule has 13 heavy (non-hydrogen) atoms. The first-order valence-electron chi connectivity index (χ1n) is 3.44. The molecule has 0 radical (unpaired) electrons. The van der Waals surface area contributed by atoms with E-state index in [9.17, 15) is 13.2 Å². The van der Waals surface area contributed by atoms with Gasteiger partial charge in [-0.15, -0.1) is 11.6 Å². The largest absolute Gasteiger partial charge is 0.387 e. The van der Waals surface area contributed by atoms with Gasteiger partial charge in [0.1, 0.15) is 17.5 Å². The van der Waals surface area contributed by atoms with Crippen molar-refractivity contribution in [3.05, 3.63) is 35.1 Å². The van der Waals surface area contributed by atoms with Crippen LogP contribution in [0.3, 0.4) is 0 Å². The highest BCUT2D eigenvalue weighted by atomic mass is 35.5. The summed E-state index contributed by atoms with van der Waals surface area (Å²) in [6.07, 6.45) is -1.46. The lowest BCUT2D eigenvalue weighted by atomic mass is 10.1. The molecular formula is C8H6ClF3O. The highest BCUT2D eigenvalue weighted by Crippen LogP contribution is 2.22. The average molecular weight is 211 g/mol. The summed E-state index contributed by atoms with van der Waals surface area (Å²) >= 11 is 5.19. The lowest BCUT2D eigenvalue weighted by Gasteiger charge is -2.09. The molecule has 1 aromatic rings. The van der Waals surface area contributed by atoms with Crippen molar-refractivity contribution in [3.63, 3.8) is 0 Å². The Balaban J connectivity index is 3.20. The van der Waals surface area contributed by atoms with Gasteiger partial charge in [0.15, 0.2) is 0 Å². The third-order valence-electron chi connectivity index (χ3n) is 1.52. The van der Waals surface area contributed by atoms with Gasteiger partial charge < -0.3 is 5.11 Å². The zero-order valence-corrected chi connectivity index (χ0v) is 7.15. The molecule has 1 N–H and O–H groups in total. The second-order valence-electron chi connectivity index (χ2n) is 2.45. The maximum Gasteiger partial charge on any atom is 0.134 e. The molecule has 0 spiro atoms. The van der Waals surface area contributed by atoms with Crippen molar-refractivity contribution in [2.75, 3.05) is 5.88 Å². The third-order valence-corrected chi connectivity index (χ3v) is 1.82. The SMILES string of the molecule is O[C@@H](CCl)c1c(F)cc(F)cc1F. The number of hydrogen-bond donors (Lipinski definition) is 1. The maximum absolute atomic E-state index is 12.9. The molecule has 1 atom stereocenters. The molecule has 72 valence electrons. The first-order valence-corrected chi connectivity index (χ1v) is 3.98. The zero-order valence-electron chi connectivity index (χ0n) is 6.40. The summed E-state index contributed by atoms with van der Waals surface area (Å²) in [4.78, 5) is 0. The van der Waals surface area contributed by atoms with Crippen LogP contribution in [0.15, 0.2) is 12.1 Å². The molecule has 0 aliphatic carbocycles. The van der Waals surface area contributed by atoms with Crippen molar-refractivity contribution < 1.29 is 18.3 Å². The summed E-state index contributed by atoms with van der Waals surface area (Å²) in [5.74, 6) is -3.64. The van der Waals surface area contributed by atoms with Gasteiger partial charge in [-0.05, 0) is 0 Å². The molecule has 1 rings (SSSR count). The van der Waals surface area contributed by atoms with Crippen LogP contribution < -0.4 is 0 Å². The summed E-state index contributed by atoms with van der Waals surface area (Å²) in [5.41, 5.74) is -0.601. The first-order chi connectivity index (χ1) is 6.06. The van der Waals surface area contributed by atoms with Crippen LogP contribution in [0.1, 0.15) is 11.7 Å². The van der Waals surface area contributed by atoms with Crippen molar-refractivity contribution in [2.45, 2.75) is 6.10 Å². The Morgan fingerprint density at radius 2 is 1.69 bits per heavy atom. The molecule has 1 nitrogen and oxygen atoms in total. The van der Waals surface area contributed by atoms with E-state index in [0.29, 0.717) is 12.1 Å². The topological polar surface area (TPSA) is 20.2 Å². The third kappa shape index (κ3) is 2.14. The second-order valence-corrected chi connectivity index (χ2v) is 2.76. The maximum atomic E-state index is 12.9. The van der Waals surface area contributed by atoms with E-state index in [-0.39, 0.29) is 5.88 Å². The van der Waals surface area contributed by atoms with Gasteiger partial charge in [-0.2, -0.15) is 0 Å². The van der Waals surface area contributed by atoms with Gasteiger partial charge in [-0.25, -0.2) is 13.2 Å². The van der Waals surface area contributed by atoms with E-state index >= 15 is 0 Å². The van der Waals surface area contributed by atoms with Gasteiger partial charge in [0.2, 0.25) is 0 Å². The van der Waals surface area contributed by atoms with Crippen LogP contribution in [0.25, 0.3) is 0 Å². The molecule has 0 bridgehead atoms. The van der Waals surface area contributed by atoms with Crippen LogP contribution in [0.5, 0.6) is 0 Å². The molecule has 0 aromatic heterocycles. The van der Waals surface area contributed by atoms with E-state index in [1.807, 2.05) is 0 Å². The van der Waals surface area contributed by atoms with E-state index in [2.05, 4.69) is 0 Å². The van der Waals surface area contributed by atoms with Crippen molar-refractivity contribution in [1.29, 1.82) is 0 Å². The summed E-state index contributed by atoms with van der Waals surface area (Å²) in [7, 11) is 0. The van der Waals surface area contributed by atoms with Crippen molar-refractivity contribution in [1.82, 2.24) is 0 Å². The number of aliphatic hydroxyl groups excluding tert-OH is 1. The van der Waals surface area contributed by atoms with Crippen LogP contribution in [-0.4, -0.2) is 11.0 Å². The smallest absolute Gasteiger partial charge is 0.134 e. The molecule has 1 aromatic carbocycles. The van der Waals surface area contributed by atoms with E-state index in [0.717, 1.165) is 0 Å². The predicted octanol–water partition coefficient (Wildman–Crippen LogP) is 2.38. The summed E-state index contributed by atoms with van der Waals surface area (Å²) in [6.45, 7) is 0. The highest BCUT2D eigenvalue weighted by molar-refractivity contribution is 6.18. The number of alkyl halides is 1. The Kier molecular flexibility index (Phi) is 3.17. The fraction of sp³-hybridized carbons (Fsp3) is 0.250. The van der Waals surface area contributed by atoms with E-state index < -0.39 is 29.1 Å². The normalized spacial score (nSPS) is 13.0. The monoisotopic (exact) mass is 210 g/mol. The van der Waals surface area contributed by atoms with Crippen molar-refractivity contribution in [2.24, 2.45) is 0 Å². The molecule has 0 aliphatic heterocycles. The standard InChI is InChI=1S/C8H6ClF3O/c9-3-7(13)8-5(11)1-4(10)2-6(8)12/h1-2,7,13H,3H2/t7-/m0/s1. The number of rotatable bonds is 2. The number of hydrogen-bond acceptors (Lipinski definition) is 1. The minimum Gasteiger partial charge on any atom is -0.387 e. The fourth-order valence-electron chi connectivity index (χ4n) is 0.949. The number of aliphatic hydroxyl groups is 1. The van der Waals surface area contributed by atoms with Gasteiger partial charge >= 0.3 is 0 Å². The summed E-state index contributed by atoms with van der Waals surface area (Å²) in [6, 6.07) is 0.988. The molecule has 0 heterocycles. The average Bonchev–Trinajstić information content (AvgIpc) is 2.02. The fourth-order valence-corrected chi connectivity index (χ4v) is 1.10. The second kappa shape index (κ2) is 3.98. The minimum absolute atomic E-state index is 0.348. The van der Waals surface area contributed by atoms with Crippen LogP contribution in [0.2, 0.25) is 0 Å². The predicted molar refractivity (Wildman–Crippen MR) is 42.0 cm³/mol. The van der Waals surface area contributed by atoms with E-state index in [1.54, 1.807) is 0 Å². The molecule has 0 saturated heterocycles. The Bertz CT molecular complexity index is 293. The lowest BCUT2D eigenvalue weighted by Crippen LogP contribution is -2.06. The minimum atomic E-state index is -1.46. The van der Waals surface area contributed by atoms with Gasteiger partial charge in [0.25, 0.3) is 0 Å². The Hall–Kier alpha value is -0.740. The zero-order chi connectivity index (χ0) is 10.0. The quantitative estimate of drug-likeness (QED) is 0.743. The molecule has 0 saturated carbocycles. The first kappa shape index (κ1) is 10.3. The van der Waals surface area contributed by atoms with Gasteiger partial charge in [-0.1, -0.05) is 0 Å². The lowest BCUT2D eigenvalue weighted by molar-refractivity contribution is 0.191. The van der Waals surface area contributed by atoms with E-state index in [1.165, 1.54) is 0 Å². The Morgan fingerprint density at radius 3 is 2.08 bits per heavy atom. The molecular weight excluding hydrogens is 205 g/mol. The van der Waals surface area contributed by atoms with Crippen LogP contribution >= 0.6 is 11.6 Å². The summed E-state index contributed by atoms with van der Waals surface area (Å²) in [5, 5.41) is 9.05. The van der Waals surface area contributed by atoms with Crippen LogP contribution in [-0.2, 0) is 0 Å².